The minimum atomic E-state index is -0.342. The van der Waals surface area contributed by atoms with Crippen LogP contribution in [-0.4, -0.2) is 25.9 Å². The van der Waals surface area contributed by atoms with Crippen LogP contribution < -0.4 is 5.32 Å². The summed E-state index contributed by atoms with van der Waals surface area (Å²) in [6.45, 7) is 0.522. The zero-order valence-corrected chi connectivity index (χ0v) is 15.2. The van der Waals surface area contributed by atoms with Crippen molar-refractivity contribution in [2.24, 2.45) is 0 Å². The molecule has 0 saturated carbocycles. The first-order chi connectivity index (χ1) is 11.0. The van der Waals surface area contributed by atoms with Crippen molar-refractivity contribution < 1.29 is 4.79 Å². The van der Waals surface area contributed by atoms with Crippen molar-refractivity contribution in [3.63, 3.8) is 0 Å². The molecule has 2 heterocycles. The number of carbonyl (C=O) groups is 1. The molecule has 1 amide bonds. The highest BCUT2D eigenvalue weighted by Crippen LogP contribution is 2.21. The van der Waals surface area contributed by atoms with E-state index in [1.165, 1.54) is 0 Å². The number of halogens is 3. The molecule has 0 aliphatic rings. The van der Waals surface area contributed by atoms with E-state index in [1.807, 2.05) is 46.9 Å². The number of carbonyl (C=O) groups excluding carboxylic acids is 1. The molecule has 0 spiro atoms. The van der Waals surface area contributed by atoms with Crippen molar-refractivity contribution in [1.82, 2.24) is 20.0 Å². The number of benzene rings is 1. The summed E-state index contributed by atoms with van der Waals surface area (Å²) >= 11 is 14.0. The first-order valence-corrected chi connectivity index (χ1v) is 8.34. The summed E-state index contributed by atoms with van der Waals surface area (Å²) in [5.74, 6) is -0.0402. The molecule has 0 fully saturated rings. The predicted molar refractivity (Wildman–Crippen MR) is 97.0 cm³/mol. The van der Waals surface area contributed by atoms with Gasteiger partial charge in [-0.1, -0.05) is 35.3 Å². The Kier molecular flexibility index (Phi) is 4.88. The number of hydrogen-bond acceptors (Lipinski definition) is 3. The Balaban J connectivity index is 1.74. The topological polar surface area (TPSA) is 75.6 Å². The smallest absolute Gasteiger partial charge is 0.276 e. The van der Waals surface area contributed by atoms with Gasteiger partial charge in [-0.3, -0.25) is 14.6 Å². The lowest BCUT2D eigenvalue weighted by Gasteiger charge is -2.02. The minimum absolute atomic E-state index is 0.302. The van der Waals surface area contributed by atoms with E-state index in [-0.39, 0.29) is 5.91 Å². The summed E-state index contributed by atoms with van der Waals surface area (Å²) in [6.07, 6.45) is 3.22. The van der Waals surface area contributed by atoms with Gasteiger partial charge in [-0.05, 0) is 40.3 Å². The number of hydrogen-bond donors (Lipinski definition) is 2. The van der Waals surface area contributed by atoms with Crippen molar-refractivity contribution in [2.45, 2.75) is 6.54 Å². The van der Waals surface area contributed by atoms with Gasteiger partial charge in [0, 0.05) is 11.2 Å². The number of rotatable bonds is 4. The minimum Gasteiger partial charge on any atom is -0.302 e. The second-order valence-electron chi connectivity index (χ2n) is 4.70. The lowest BCUT2D eigenvalue weighted by atomic mass is 10.2. The van der Waals surface area contributed by atoms with Gasteiger partial charge in [-0.25, -0.2) is 0 Å². The molecule has 3 rings (SSSR count). The van der Waals surface area contributed by atoms with Crippen molar-refractivity contribution in [3.05, 3.63) is 61.5 Å². The van der Waals surface area contributed by atoms with Crippen LogP contribution in [0.1, 0.15) is 16.1 Å². The fourth-order valence-electron chi connectivity index (χ4n) is 1.94. The summed E-state index contributed by atoms with van der Waals surface area (Å²) in [5, 5.41) is 14.4. The summed E-state index contributed by atoms with van der Waals surface area (Å²) in [7, 11) is 0. The SMILES string of the molecule is O=C(Nc1nn(Cc2ccc(Cl)cc2)cc1Cl)c1[nH]ncc1I. The molecule has 2 N–H and O–H groups in total. The van der Waals surface area contributed by atoms with Crippen LogP contribution in [-0.2, 0) is 6.54 Å². The number of H-pyrrole nitrogens is 1. The fourth-order valence-corrected chi connectivity index (χ4v) is 2.77. The normalized spacial score (nSPS) is 10.7. The standard InChI is InChI=1S/C14H10Cl2IN5O/c15-9-3-1-8(2-4-9)6-22-7-10(16)13(21-22)19-14(23)12-11(17)5-18-20-12/h1-5,7H,6H2,(H,18,20)(H,19,21,23). The molecular formula is C14H10Cl2IN5O. The van der Waals surface area contributed by atoms with Gasteiger partial charge in [0.15, 0.2) is 5.82 Å². The zero-order valence-electron chi connectivity index (χ0n) is 11.6. The van der Waals surface area contributed by atoms with E-state index in [9.17, 15) is 4.79 Å². The fraction of sp³-hybridized carbons (Fsp3) is 0.0714. The van der Waals surface area contributed by atoms with Gasteiger partial charge in [0.2, 0.25) is 0 Å². The van der Waals surface area contributed by atoms with Crippen LogP contribution in [0, 0.1) is 3.57 Å². The van der Waals surface area contributed by atoms with E-state index >= 15 is 0 Å². The zero-order chi connectivity index (χ0) is 16.4. The molecule has 1 aromatic carbocycles. The van der Waals surface area contributed by atoms with Crippen LogP contribution in [0.4, 0.5) is 5.82 Å². The van der Waals surface area contributed by atoms with Crippen LogP contribution in [0.25, 0.3) is 0 Å². The maximum Gasteiger partial charge on any atom is 0.276 e. The number of aromatic amines is 1. The predicted octanol–water partition coefficient (Wildman–Crippen LogP) is 3.82. The van der Waals surface area contributed by atoms with Gasteiger partial charge in [-0.2, -0.15) is 10.2 Å². The maximum atomic E-state index is 12.1. The van der Waals surface area contributed by atoms with E-state index in [0.29, 0.717) is 28.1 Å². The van der Waals surface area contributed by atoms with Crippen molar-refractivity contribution in [1.29, 1.82) is 0 Å². The highest BCUT2D eigenvalue weighted by molar-refractivity contribution is 14.1. The molecule has 0 unspecified atom stereocenters. The van der Waals surface area contributed by atoms with Gasteiger partial charge >= 0.3 is 0 Å². The molecular weight excluding hydrogens is 452 g/mol. The lowest BCUT2D eigenvalue weighted by molar-refractivity contribution is 0.102. The molecule has 0 radical (unpaired) electrons. The van der Waals surface area contributed by atoms with Crippen molar-refractivity contribution in [3.8, 4) is 0 Å². The van der Waals surface area contributed by atoms with E-state index in [2.05, 4.69) is 20.6 Å². The Hall–Kier alpha value is -1.58. The maximum absolute atomic E-state index is 12.1. The highest BCUT2D eigenvalue weighted by atomic mass is 127. The summed E-state index contributed by atoms with van der Waals surface area (Å²) in [4.78, 5) is 12.1. The van der Waals surface area contributed by atoms with Gasteiger partial charge < -0.3 is 5.32 Å². The molecule has 23 heavy (non-hydrogen) atoms. The van der Waals surface area contributed by atoms with Crippen molar-refractivity contribution >= 4 is 57.5 Å². The van der Waals surface area contributed by atoms with Gasteiger partial charge in [-0.15, -0.1) is 0 Å². The molecule has 118 valence electrons. The quantitative estimate of drug-likeness (QED) is 0.580. The Labute approximate surface area is 155 Å². The van der Waals surface area contributed by atoms with Crippen molar-refractivity contribution in [2.75, 3.05) is 5.32 Å². The Morgan fingerprint density at radius 3 is 2.70 bits per heavy atom. The molecule has 0 atom stereocenters. The summed E-state index contributed by atoms with van der Waals surface area (Å²) < 4.78 is 2.37. The van der Waals surface area contributed by atoms with Gasteiger partial charge in [0.05, 0.1) is 16.3 Å². The summed E-state index contributed by atoms with van der Waals surface area (Å²) in [6, 6.07) is 7.43. The second kappa shape index (κ2) is 6.90. The average molecular weight is 462 g/mol. The summed E-state index contributed by atoms with van der Waals surface area (Å²) in [5.41, 5.74) is 1.39. The number of nitrogens with one attached hydrogen (secondary N) is 2. The van der Waals surface area contributed by atoms with E-state index in [4.69, 9.17) is 23.2 Å². The first-order valence-electron chi connectivity index (χ1n) is 6.50. The average Bonchev–Trinajstić information content (AvgIpc) is 3.08. The first kappa shape index (κ1) is 16.3. The van der Waals surface area contributed by atoms with Crippen LogP contribution in [0.3, 0.4) is 0 Å². The molecule has 9 heteroatoms. The third-order valence-electron chi connectivity index (χ3n) is 3.03. The van der Waals surface area contributed by atoms with E-state index in [0.717, 1.165) is 9.13 Å². The number of aromatic nitrogens is 4. The molecule has 0 aliphatic carbocycles. The molecule has 6 nitrogen and oxygen atoms in total. The Morgan fingerprint density at radius 1 is 1.30 bits per heavy atom. The number of amides is 1. The van der Waals surface area contributed by atoms with Crippen LogP contribution in [0.15, 0.2) is 36.7 Å². The molecule has 2 aromatic heterocycles. The largest absolute Gasteiger partial charge is 0.302 e. The van der Waals surface area contributed by atoms with E-state index < -0.39 is 0 Å². The lowest BCUT2D eigenvalue weighted by Crippen LogP contribution is -2.14. The number of nitrogens with zero attached hydrogens (tertiary/aromatic N) is 3. The Morgan fingerprint density at radius 2 is 2.04 bits per heavy atom. The number of anilines is 1. The highest BCUT2D eigenvalue weighted by Gasteiger charge is 2.16. The molecule has 0 aliphatic heterocycles. The monoisotopic (exact) mass is 461 g/mol. The third kappa shape index (κ3) is 3.85. The van der Waals surface area contributed by atoms with Crippen LogP contribution >= 0.6 is 45.8 Å². The molecule has 0 saturated heterocycles. The molecule has 0 bridgehead atoms. The second-order valence-corrected chi connectivity index (χ2v) is 6.70. The Bertz CT molecular complexity index is 843. The van der Waals surface area contributed by atoms with Crippen LogP contribution in [0.2, 0.25) is 10.0 Å². The van der Waals surface area contributed by atoms with Crippen LogP contribution in [0.5, 0.6) is 0 Å². The van der Waals surface area contributed by atoms with Gasteiger partial charge in [0.25, 0.3) is 5.91 Å². The molecule has 3 aromatic rings. The van der Waals surface area contributed by atoms with Gasteiger partial charge in [0.1, 0.15) is 10.7 Å². The van der Waals surface area contributed by atoms with E-state index in [1.54, 1.807) is 17.1 Å². The third-order valence-corrected chi connectivity index (χ3v) is 4.37.